The van der Waals surface area contributed by atoms with Crippen molar-refractivity contribution in [2.75, 3.05) is 11.9 Å². The molecule has 1 saturated heterocycles. The van der Waals surface area contributed by atoms with Gasteiger partial charge in [-0.05, 0) is 35.0 Å². The van der Waals surface area contributed by atoms with Gasteiger partial charge in [0.15, 0.2) is 5.78 Å². The van der Waals surface area contributed by atoms with Crippen molar-refractivity contribution in [3.8, 4) is 0 Å². The summed E-state index contributed by atoms with van der Waals surface area (Å²) in [6.07, 6.45) is 1.55. The van der Waals surface area contributed by atoms with Gasteiger partial charge >= 0.3 is 0 Å². The van der Waals surface area contributed by atoms with Crippen molar-refractivity contribution in [2.45, 2.75) is 45.6 Å². The fourth-order valence-electron chi connectivity index (χ4n) is 3.89. The summed E-state index contributed by atoms with van der Waals surface area (Å²) >= 11 is 3.22. The molecule has 0 saturated carbocycles. The lowest BCUT2D eigenvalue weighted by molar-refractivity contribution is -0.137. The number of Topliss-reactive ketones (excluding diaryl/α,β-unsaturated/α-hetero) is 1. The minimum absolute atomic E-state index is 0.0126. The zero-order valence-corrected chi connectivity index (χ0v) is 22.1. The molecule has 3 aromatic rings. The molecule has 3 aromatic heterocycles. The van der Waals surface area contributed by atoms with Crippen LogP contribution in [0.25, 0.3) is 0 Å². The highest BCUT2D eigenvalue weighted by Gasteiger charge is 2.40. The highest BCUT2D eigenvalue weighted by Crippen LogP contribution is 2.23. The van der Waals surface area contributed by atoms with Gasteiger partial charge in [-0.1, -0.05) is 6.07 Å². The Hall–Kier alpha value is -4.07. The number of nitrogens with one attached hydrogen (secondary N) is 2. The Morgan fingerprint density at radius 2 is 1.92 bits per heavy atom. The molecule has 14 heteroatoms. The molecule has 0 radical (unpaired) electrons. The second-order valence-corrected chi connectivity index (χ2v) is 9.49. The molecule has 0 bridgehead atoms. The van der Waals surface area contributed by atoms with Gasteiger partial charge in [0.05, 0.1) is 6.54 Å². The monoisotopic (exact) mass is 586 g/mol. The molecular formula is C24H24BrFN8O4. The minimum atomic E-state index is -1.41. The first-order chi connectivity index (χ1) is 18.1. The number of hydrogen-bond acceptors (Lipinski definition) is 8. The first-order valence-corrected chi connectivity index (χ1v) is 12.4. The Balaban J connectivity index is 1.49. The minimum Gasteiger partial charge on any atom is -0.347 e. The fourth-order valence-corrected chi connectivity index (χ4v) is 4.23. The van der Waals surface area contributed by atoms with Crippen molar-refractivity contribution < 1.29 is 23.6 Å². The van der Waals surface area contributed by atoms with Crippen LogP contribution in [-0.2, 0) is 22.7 Å². The van der Waals surface area contributed by atoms with Gasteiger partial charge in [0, 0.05) is 43.9 Å². The summed E-state index contributed by atoms with van der Waals surface area (Å²) in [5, 5.41) is 9.38. The Morgan fingerprint density at radius 3 is 2.61 bits per heavy atom. The molecule has 0 aliphatic carbocycles. The lowest BCUT2D eigenvalue weighted by atomic mass is 10.2. The number of anilines is 1. The number of pyridine rings is 1. The molecule has 3 amide bonds. The smallest absolute Gasteiger partial charge is 0.269 e. The van der Waals surface area contributed by atoms with Gasteiger partial charge in [0.2, 0.25) is 11.8 Å². The van der Waals surface area contributed by atoms with Crippen molar-refractivity contribution in [1.29, 1.82) is 0 Å². The highest BCUT2D eigenvalue weighted by atomic mass is 79.9. The van der Waals surface area contributed by atoms with E-state index in [0.29, 0.717) is 16.0 Å². The largest absolute Gasteiger partial charge is 0.347 e. The van der Waals surface area contributed by atoms with Gasteiger partial charge < -0.3 is 15.5 Å². The maximum Gasteiger partial charge on any atom is 0.269 e. The number of alkyl halides is 1. The maximum absolute atomic E-state index is 14.4. The average molecular weight is 587 g/mol. The molecule has 0 spiro atoms. The van der Waals surface area contributed by atoms with E-state index in [-0.39, 0.29) is 36.7 Å². The number of amides is 3. The number of ketones is 1. The van der Waals surface area contributed by atoms with E-state index in [1.165, 1.54) is 13.0 Å². The molecule has 2 atom stereocenters. The summed E-state index contributed by atoms with van der Waals surface area (Å²) in [5.41, 5.74) is 0.603. The molecule has 198 valence electrons. The highest BCUT2D eigenvalue weighted by molar-refractivity contribution is 9.10. The third-order valence-corrected chi connectivity index (χ3v) is 6.23. The van der Waals surface area contributed by atoms with E-state index in [1.807, 2.05) is 0 Å². The van der Waals surface area contributed by atoms with Gasteiger partial charge in [0.25, 0.3) is 5.91 Å². The molecule has 1 aliphatic rings. The van der Waals surface area contributed by atoms with Gasteiger partial charge in [-0.25, -0.2) is 24.0 Å². The van der Waals surface area contributed by atoms with E-state index < -0.39 is 42.3 Å². The van der Waals surface area contributed by atoms with Crippen LogP contribution in [0.4, 0.5) is 10.2 Å². The van der Waals surface area contributed by atoms with Gasteiger partial charge in [-0.2, -0.15) is 5.10 Å². The van der Waals surface area contributed by atoms with Crippen LogP contribution in [0.1, 0.15) is 45.7 Å². The first-order valence-electron chi connectivity index (χ1n) is 11.6. The number of rotatable bonds is 8. The maximum atomic E-state index is 14.4. The Morgan fingerprint density at radius 1 is 1.18 bits per heavy atom. The van der Waals surface area contributed by atoms with Crippen LogP contribution in [0.2, 0.25) is 0 Å². The average Bonchev–Trinajstić information content (AvgIpc) is 3.47. The molecule has 38 heavy (non-hydrogen) atoms. The normalized spacial score (nSPS) is 16.8. The number of carbonyl (C=O) groups is 4. The zero-order valence-electron chi connectivity index (χ0n) is 20.5. The number of halogens is 2. The van der Waals surface area contributed by atoms with E-state index in [0.717, 1.165) is 9.58 Å². The Labute approximate surface area is 225 Å². The summed E-state index contributed by atoms with van der Waals surface area (Å²) in [4.78, 5) is 64.3. The summed E-state index contributed by atoms with van der Waals surface area (Å²) < 4.78 is 15.9. The molecule has 1 aliphatic heterocycles. The van der Waals surface area contributed by atoms with Gasteiger partial charge in [0.1, 0.15) is 46.4 Å². The second kappa shape index (κ2) is 11.5. The quantitative estimate of drug-likeness (QED) is 0.299. The van der Waals surface area contributed by atoms with E-state index in [2.05, 4.69) is 46.6 Å². The number of aryl methyl sites for hydroxylation is 1. The molecule has 0 unspecified atom stereocenters. The van der Waals surface area contributed by atoms with Crippen molar-refractivity contribution in [1.82, 2.24) is 34.9 Å². The lowest BCUT2D eigenvalue weighted by Crippen LogP contribution is -2.45. The number of hydrogen-bond donors (Lipinski definition) is 2. The molecular weight excluding hydrogens is 563 g/mol. The van der Waals surface area contributed by atoms with Crippen LogP contribution >= 0.6 is 15.9 Å². The van der Waals surface area contributed by atoms with Crippen molar-refractivity contribution in [3.05, 3.63) is 64.0 Å². The van der Waals surface area contributed by atoms with Gasteiger partial charge in [-0.15, -0.1) is 0 Å². The molecule has 12 nitrogen and oxygen atoms in total. The molecule has 1 fully saturated rings. The van der Waals surface area contributed by atoms with Crippen LogP contribution in [-0.4, -0.2) is 71.9 Å². The first kappa shape index (κ1) is 27.0. The third kappa shape index (κ3) is 6.43. The van der Waals surface area contributed by atoms with Crippen molar-refractivity contribution in [2.24, 2.45) is 0 Å². The van der Waals surface area contributed by atoms with E-state index >= 15 is 0 Å². The standard InChI is InChI=1S/C24H24BrFN8O4/c1-13(35)17-7-19(23(37)29-10-15-8-27-14(2)28-9-15)34(32-17)12-22(36)33-11-16(26)6-18(33)24(38)31-21-5-3-4-20(25)30-21/h3-5,7-9,16,18H,6,10-12H2,1-2H3,(H,29,37)(H,30,31,38)/t16-,18+/m1/s1. The fraction of sp³-hybridized carbons (Fsp3) is 0.333. The van der Waals surface area contributed by atoms with Crippen LogP contribution in [0, 0.1) is 6.92 Å². The predicted molar refractivity (Wildman–Crippen MR) is 136 cm³/mol. The van der Waals surface area contributed by atoms with Crippen LogP contribution in [0.5, 0.6) is 0 Å². The number of carbonyl (C=O) groups excluding carboxylic acids is 4. The molecule has 4 rings (SSSR count). The van der Waals surface area contributed by atoms with E-state index in [9.17, 15) is 23.6 Å². The zero-order chi connectivity index (χ0) is 27.4. The topological polar surface area (TPSA) is 152 Å². The number of aromatic nitrogens is 5. The van der Waals surface area contributed by atoms with Crippen molar-refractivity contribution >= 4 is 45.3 Å². The number of likely N-dealkylation sites (tertiary alicyclic amines) is 1. The van der Waals surface area contributed by atoms with E-state index in [4.69, 9.17) is 0 Å². The summed E-state index contributed by atoms with van der Waals surface area (Å²) in [7, 11) is 0. The summed E-state index contributed by atoms with van der Waals surface area (Å²) in [6, 6.07) is 5.12. The second-order valence-electron chi connectivity index (χ2n) is 8.68. The van der Waals surface area contributed by atoms with Crippen molar-refractivity contribution in [3.63, 3.8) is 0 Å². The SMILES string of the molecule is CC(=O)c1cc(C(=O)NCc2cnc(C)nc2)n(CC(=O)N2C[C@H](F)C[C@H]2C(=O)Nc2cccc(Br)n2)n1. The molecule has 0 aromatic carbocycles. The van der Waals surface area contributed by atoms with Crippen LogP contribution in [0.15, 0.2) is 41.3 Å². The summed E-state index contributed by atoms with van der Waals surface area (Å²) in [6.45, 7) is 2.35. The van der Waals surface area contributed by atoms with Crippen LogP contribution < -0.4 is 10.6 Å². The van der Waals surface area contributed by atoms with Crippen LogP contribution in [0.3, 0.4) is 0 Å². The lowest BCUT2D eigenvalue weighted by Gasteiger charge is -2.23. The van der Waals surface area contributed by atoms with Gasteiger partial charge in [-0.3, -0.25) is 19.2 Å². The predicted octanol–water partition coefficient (Wildman–Crippen LogP) is 1.85. The molecule has 4 heterocycles. The Bertz CT molecular complexity index is 1380. The third-order valence-electron chi connectivity index (χ3n) is 5.79. The van der Waals surface area contributed by atoms with E-state index in [1.54, 1.807) is 37.5 Å². The number of nitrogens with zero attached hydrogens (tertiary/aromatic N) is 6. The Kier molecular flexibility index (Phi) is 8.20. The summed E-state index contributed by atoms with van der Waals surface area (Å²) in [5.74, 6) is -1.38. The molecule has 2 N–H and O–H groups in total.